The first-order valence-corrected chi connectivity index (χ1v) is 14.5. The summed E-state index contributed by atoms with van der Waals surface area (Å²) in [5.74, 6) is 6.14. The first-order valence-electron chi connectivity index (χ1n) is 14.5. The molecule has 2 aromatic carbocycles. The fourth-order valence-electron chi connectivity index (χ4n) is 6.12. The van der Waals surface area contributed by atoms with Gasteiger partial charge >= 0.3 is 0 Å². The third kappa shape index (κ3) is 6.15. The number of amides is 2. The molecule has 3 aromatic rings. The molecule has 2 N–H and O–H groups in total. The van der Waals surface area contributed by atoms with E-state index in [9.17, 15) is 14.7 Å². The van der Waals surface area contributed by atoms with Gasteiger partial charge in [-0.05, 0) is 63.3 Å². The molecule has 210 valence electrons. The maximum atomic E-state index is 13.4. The number of likely N-dealkylation sites (tertiary alicyclic amines) is 2. The molecule has 5 rings (SSSR count). The minimum absolute atomic E-state index is 0.0177. The number of rotatable bonds is 7. The Morgan fingerprint density at radius 3 is 2.40 bits per heavy atom. The zero-order chi connectivity index (χ0) is 28.1. The van der Waals surface area contributed by atoms with E-state index in [0.717, 1.165) is 74.9 Å². The SMILES string of the molecule is CC#C[C@@H](CC(=O)NC1CCN(C2CCN(C(=O)c3nn(CC)c4ccccc34)CC2)CC1)c1ccc(O)cc1. The summed E-state index contributed by atoms with van der Waals surface area (Å²) in [6, 6.07) is 15.5. The molecule has 1 atom stereocenters. The van der Waals surface area contributed by atoms with E-state index in [1.165, 1.54) is 0 Å². The van der Waals surface area contributed by atoms with Gasteiger partial charge in [0, 0.05) is 56.6 Å². The second-order valence-corrected chi connectivity index (χ2v) is 10.8. The van der Waals surface area contributed by atoms with Crippen molar-refractivity contribution in [1.29, 1.82) is 0 Å². The van der Waals surface area contributed by atoms with Gasteiger partial charge in [0.2, 0.25) is 5.91 Å². The van der Waals surface area contributed by atoms with E-state index in [-0.39, 0.29) is 29.5 Å². The standard InChI is InChI=1S/C32H39N5O3/c1-3-7-24(23-10-12-27(38)13-11-23)22-30(39)33-25-14-18-35(19-15-25)26-16-20-36(21-17-26)32(40)31-28-8-5-6-9-29(28)37(4-2)34-31/h5-6,8-13,24-26,38H,4,14-22H2,1-2H3,(H,33,39)/t24-/m0/s1. The summed E-state index contributed by atoms with van der Waals surface area (Å²) in [7, 11) is 0. The molecule has 0 bridgehead atoms. The molecule has 0 spiro atoms. The fraction of sp³-hybridized carbons (Fsp3) is 0.469. The van der Waals surface area contributed by atoms with Gasteiger partial charge in [-0.15, -0.1) is 5.92 Å². The summed E-state index contributed by atoms with van der Waals surface area (Å²) >= 11 is 0. The highest BCUT2D eigenvalue weighted by atomic mass is 16.3. The lowest BCUT2D eigenvalue weighted by Crippen LogP contribution is -2.51. The average Bonchev–Trinajstić information content (AvgIpc) is 3.36. The Labute approximate surface area is 236 Å². The van der Waals surface area contributed by atoms with E-state index < -0.39 is 0 Å². The molecular weight excluding hydrogens is 502 g/mol. The van der Waals surface area contributed by atoms with Crippen LogP contribution < -0.4 is 5.32 Å². The molecule has 1 aromatic heterocycles. The predicted molar refractivity (Wildman–Crippen MR) is 156 cm³/mol. The summed E-state index contributed by atoms with van der Waals surface area (Å²) in [6.07, 6.45) is 4.08. The maximum Gasteiger partial charge on any atom is 0.275 e. The predicted octanol–water partition coefficient (Wildman–Crippen LogP) is 4.14. The Balaban J connectivity index is 1.09. The number of phenols is 1. The zero-order valence-corrected chi connectivity index (χ0v) is 23.5. The molecule has 2 saturated heterocycles. The fourth-order valence-corrected chi connectivity index (χ4v) is 6.12. The van der Waals surface area contributed by atoms with Gasteiger partial charge in [-0.3, -0.25) is 14.3 Å². The molecule has 3 heterocycles. The van der Waals surface area contributed by atoms with Crippen LogP contribution >= 0.6 is 0 Å². The smallest absolute Gasteiger partial charge is 0.275 e. The second-order valence-electron chi connectivity index (χ2n) is 10.8. The van der Waals surface area contributed by atoms with Crippen molar-refractivity contribution in [2.24, 2.45) is 0 Å². The Hall–Kier alpha value is -3.83. The number of piperidine rings is 2. The molecular formula is C32H39N5O3. The number of aromatic nitrogens is 2. The van der Waals surface area contributed by atoms with Gasteiger partial charge in [0.25, 0.3) is 5.91 Å². The van der Waals surface area contributed by atoms with E-state index in [1.54, 1.807) is 19.1 Å². The maximum absolute atomic E-state index is 13.4. The zero-order valence-electron chi connectivity index (χ0n) is 23.5. The van der Waals surface area contributed by atoms with Gasteiger partial charge < -0.3 is 20.2 Å². The van der Waals surface area contributed by atoms with Gasteiger partial charge in [0.15, 0.2) is 5.69 Å². The van der Waals surface area contributed by atoms with Crippen LogP contribution in [0.1, 0.15) is 67.9 Å². The molecule has 8 nitrogen and oxygen atoms in total. The van der Waals surface area contributed by atoms with Crippen LogP contribution in [-0.2, 0) is 11.3 Å². The van der Waals surface area contributed by atoms with Crippen molar-refractivity contribution in [2.75, 3.05) is 26.2 Å². The highest BCUT2D eigenvalue weighted by Crippen LogP contribution is 2.26. The average molecular weight is 542 g/mol. The first kappa shape index (κ1) is 27.7. The molecule has 2 fully saturated rings. The number of aromatic hydroxyl groups is 1. The Morgan fingerprint density at radius 2 is 1.73 bits per heavy atom. The van der Waals surface area contributed by atoms with Crippen LogP contribution in [-0.4, -0.2) is 74.8 Å². The second kappa shape index (κ2) is 12.6. The summed E-state index contributed by atoms with van der Waals surface area (Å²) in [5.41, 5.74) is 2.51. The lowest BCUT2D eigenvalue weighted by molar-refractivity contribution is -0.122. The largest absolute Gasteiger partial charge is 0.508 e. The van der Waals surface area contributed by atoms with Crippen LogP contribution in [0.4, 0.5) is 0 Å². The summed E-state index contributed by atoms with van der Waals surface area (Å²) < 4.78 is 1.91. The van der Waals surface area contributed by atoms with Gasteiger partial charge in [-0.2, -0.15) is 5.10 Å². The normalized spacial score (nSPS) is 17.8. The van der Waals surface area contributed by atoms with Gasteiger partial charge in [-0.25, -0.2) is 0 Å². The van der Waals surface area contributed by atoms with E-state index >= 15 is 0 Å². The number of nitrogens with one attached hydrogen (secondary N) is 1. The number of benzene rings is 2. The van der Waals surface area contributed by atoms with Crippen molar-refractivity contribution in [3.63, 3.8) is 0 Å². The van der Waals surface area contributed by atoms with Crippen LogP contribution in [0, 0.1) is 11.8 Å². The van der Waals surface area contributed by atoms with Crippen molar-refractivity contribution in [3.8, 4) is 17.6 Å². The molecule has 0 radical (unpaired) electrons. The number of fused-ring (bicyclic) bond motifs is 1. The Bertz CT molecular complexity index is 1390. The number of carbonyl (C=O) groups is 2. The molecule has 40 heavy (non-hydrogen) atoms. The van der Waals surface area contributed by atoms with Gasteiger partial charge in [-0.1, -0.05) is 36.3 Å². The van der Waals surface area contributed by atoms with Crippen molar-refractivity contribution in [1.82, 2.24) is 24.9 Å². The van der Waals surface area contributed by atoms with Crippen molar-refractivity contribution < 1.29 is 14.7 Å². The molecule has 0 unspecified atom stereocenters. The van der Waals surface area contributed by atoms with Crippen LogP contribution in [0.15, 0.2) is 48.5 Å². The van der Waals surface area contributed by atoms with E-state index in [2.05, 4.69) is 27.2 Å². The summed E-state index contributed by atoms with van der Waals surface area (Å²) in [4.78, 5) is 30.7. The minimum atomic E-state index is -0.188. The lowest BCUT2D eigenvalue weighted by Gasteiger charge is -2.41. The van der Waals surface area contributed by atoms with Crippen LogP contribution in [0.25, 0.3) is 10.9 Å². The molecule has 0 aliphatic carbocycles. The van der Waals surface area contributed by atoms with Crippen molar-refractivity contribution in [3.05, 3.63) is 59.8 Å². The number of carbonyl (C=O) groups excluding carboxylic acids is 2. The molecule has 8 heteroatoms. The van der Waals surface area contributed by atoms with E-state index in [0.29, 0.717) is 18.2 Å². The third-order valence-electron chi connectivity index (χ3n) is 8.33. The molecule has 2 aliphatic rings. The summed E-state index contributed by atoms with van der Waals surface area (Å²) in [6.45, 7) is 7.94. The topological polar surface area (TPSA) is 90.7 Å². The highest BCUT2D eigenvalue weighted by Gasteiger charge is 2.32. The highest BCUT2D eigenvalue weighted by molar-refractivity contribution is 6.04. The Kier molecular flexibility index (Phi) is 8.71. The van der Waals surface area contributed by atoms with Crippen LogP contribution in [0.2, 0.25) is 0 Å². The number of hydrogen-bond donors (Lipinski definition) is 2. The number of nitrogens with zero attached hydrogens (tertiary/aromatic N) is 4. The van der Waals surface area contributed by atoms with E-state index in [4.69, 9.17) is 0 Å². The third-order valence-corrected chi connectivity index (χ3v) is 8.33. The van der Waals surface area contributed by atoms with Gasteiger partial charge in [0.05, 0.1) is 11.4 Å². The monoisotopic (exact) mass is 541 g/mol. The summed E-state index contributed by atoms with van der Waals surface area (Å²) in [5, 5.41) is 18.4. The number of para-hydroxylation sites is 1. The Morgan fingerprint density at radius 1 is 1.02 bits per heavy atom. The van der Waals surface area contributed by atoms with E-state index in [1.807, 2.05) is 52.9 Å². The number of aryl methyl sites for hydroxylation is 1. The number of hydrogen-bond acceptors (Lipinski definition) is 5. The van der Waals surface area contributed by atoms with Gasteiger partial charge in [0.1, 0.15) is 5.75 Å². The molecule has 0 saturated carbocycles. The quantitative estimate of drug-likeness (QED) is 0.439. The van der Waals surface area contributed by atoms with Crippen molar-refractivity contribution in [2.45, 2.75) is 70.5 Å². The molecule has 2 amide bonds. The minimum Gasteiger partial charge on any atom is -0.508 e. The van der Waals surface area contributed by atoms with Crippen LogP contribution in [0.5, 0.6) is 5.75 Å². The van der Waals surface area contributed by atoms with Crippen LogP contribution in [0.3, 0.4) is 0 Å². The lowest BCUT2D eigenvalue weighted by atomic mass is 9.94. The first-order chi connectivity index (χ1) is 19.5. The number of phenolic OH excluding ortho intramolecular Hbond substituents is 1. The van der Waals surface area contributed by atoms with Crippen molar-refractivity contribution >= 4 is 22.7 Å². The molecule has 2 aliphatic heterocycles.